The molecule has 1 N–H and O–H groups in total. The molecule has 10 heteroatoms. The number of nitrogens with zero attached hydrogens (tertiary/aromatic N) is 1. The molecule has 0 rings (SSSR count). The van der Waals surface area contributed by atoms with Crippen LogP contribution >= 0.6 is 7.82 Å². The van der Waals surface area contributed by atoms with Gasteiger partial charge in [-0.1, -0.05) is 139 Å². The van der Waals surface area contributed by atoms with E-state index in [4.69, 9.17) is 18.5 Å². The van der Waals surface area contributed by atoms with E-state index < -0.39 is 32.5 Å². The summed E-state index contributed by atoms with van der Waals surface area (Å²) in [7, 11) is 1.44. The maximum atomic E-state index is 12.7. The van der Waals surface area contributed by atoms with E-state index in [0.717, 1.165) is 77.0 Å². The van der Waals surface area contributed by atoms with Gasteiger partial charge in [-0.05, 0) is 77.0 Å². The Morgan fingerprint density at radius 3 is 1.57 bits per heavy atom. The SMILES string of the molecule is CCCCC/C=C/C/C=C/C/C=C/CCCCCCC(=O)O[C@H](COC(=O)CCCCCCC/C=C/C=C/CCCCCC)COP(=O)(O)OCC[N+](C)(C)C. The van der Waals surface area contributed by atoms with Gasteiger partial charge >= 0.3 is 19.8 Å². The van der Waals surface area contributed by atoms with Gasteiger partial charge in [-0.3, -0.25) is 18.6 Å². The van der Waals surface area contributed by atoms with Crippen molar-refractivity contribution in [2.75, 3.05) is 47.5 Å². The first-order chi connectivity index (χ1) is 27.0. The largest absolute Gasteiger partial charge is 0.472 e. The number of esters is 2. The predicted molar refractivity (Wildman–Crippen MR) is 233 cm³/mol. The first kappa shape index (κ1) is 53.7. The van der Waals surface area contributed by atoms with E-state index in [1.807, 2.05) is 21.1 Å². The third-order valence-corrected chi connectivity index (χ3v) is 10.0. The highest BCUT2D eigenvalue weighted by Gasteiger charge is 2.27. The van der Waals surface area contributed by atoms with Crippen molar-refractivity contribution < 1.29 is 42.1 Å². The lowest BCUT2D eigenvalue weighted by molar-refractivity contribution is -0.870. The van der Waals surface area contributed by atoms with Crippen LogP contribution in [0.5, 0.6) is 0 Å². The van der Waals surface area contributed by atoms with Gasteiger partial charge in [-0.25, -0.2) is 4.57 Å². The van der Waals surface area contributed by atoms with Crippen molar-refractivity contribution >= 4 is 19.8 Å². The lowest BCUT2D eigenvalue weighted by Crippen LogP contribution is -2.37. The Labute approximate surface area is 343 Å². The molecule has 324 valence electrons. The smallest absolute Gasteiger partial charge is 0.462 e. The molecule has 0 aliphatic rings. The zero-order valence-electron chi connectivity index (χ0n) is 36.3. The summed E-state index contributed by atoms with van der Waals surface area (Å²) in [4.78, 5) is 35.4. The van der Waals surface area contributed by atoms with Gasteiger partial charge in [0.2, 0.25) is 0 Å². The predicted octanol–water partition coefficient (Wildman–Crippen LogP) is 12.5. The molecule has 0 aromatic carbocycles. The highest BCUT2D eigenvalue weighted by atomic mass is 31.2. The monoisotopic (exact) mass is 809 g/mol. The van der Waals surface area contributed by atoms with E-state index in [9.17, 15) is 19.0 Å². The van der Waals surface area contributed by atoms with Crippen LogP contribution in [0.2, 0.25) is 0 Å². The van der Waals surface area contributed by atoms with Crippen LogP contribution in [-0.4, -0.2) is 74.9 Å². The minimum Gasteiger partial charge on any atom is -0.462 e. The van der Waals surface area contributed by atoms with Gasteiger partial charge in [0, 0.05) is 12.8 Å². The first-order valence-corrected chi connectivity index (χ1v) is 23.5. The molecule has 0 aliphatic carbocycles. The number of quaternary nitrogens is 1. The zero-order valence-corrected chi connectivity index (χ0v) is 37.2. The number of phosphoric ester groups is 1. The summed E-state index contributed by atoms with van der Waals surface area (Å²) < 4.78 is 34.3. The molecule has 0 radical (unpaired) electrons. The number of carbonyl (C=O) groups excluding carboxylic acids is 2. The number of hydrogen-bond acceptors (Lipinski definition) is 7. The van der Waals surface area contributed by atoms with E-state index in [0.29, 0.717) is 23.9 Å². The van der Waals surface area contributed by atoms with Crippen LogP contribution in [0.3, 0.4) is 0 Å². The molecule has 0 aromatic heterocycles. The summed E-state index contributed by atoms with van der Waals surface area (Å²) in [6, 6.07) is 0. The second-order valence-electron chi connectivity index (χ2n) is 15.8. The number of carbonyl (C=O) groups is 2. The Bertz CT molecular complexity index is 1140. The Balaban J connectivity index is 4.45. The molecular formula is C46H83NO8P+. The number of unbranched alkanes of at least 4 members (excludes halogenated alkanes) is 16. The Kier molecular flexibility index (Phi) is 36.7. The molecule has 0 amide bonds. The average Bonchev–Trinajstić information content (AvgIpc) is 3.15. The van der Waals surface area contributed by atoms with Gasteiger partial charge in [0.05, 0.1) is 27.7 Å². The van der Waals surface area contributed by atoms with Crippen molar-refractivity contribution in [3.05, 3.63) is 60.8 Å². The Hall–Kier alpha value is -2.29. The van der Waals surface area contributed by atoms with E-state index in [2.05, 4.69) is 74.6 Å². The van der Waals surface area contributed by atoms with Crippen molar-refractivity contribution in [1.82, 2.24) is 0 Å². The fraction of sp³-hybridized carbons (Fsp3) is 0.739. The molecule has 0 aromatic rings. The summed E-state index contributed by atoms with van der Waals surface area (Å²) in [6.45, 7) is 4.31. The maximum Gasteiger partial charge on any atom is 0.472 e. The van der Waals surface area contributed by atoms with Crippen LogP contribution in [0.15, 0.2) is 60.8 Å². The third kappa shape index (κ3) is 41.3. The summed E-state index contributed by atoms with van der Waals surface area (Å²) in [5.41, 5.74) is 0. The second kappa shape index (κ2) is 38.2. The van der Waals surface area contributed by atoms with Crippen LogP contribution in [0, 0.1) is 0 Å². The quantitative estimate of drug-likeness (QED) is 0.0163. The molecule has 0 aliphatic heterocycles. The topological polar surface area (TPSA) is 108 Å². The molecule has 56 heavy (non-hydrogen) atoms. The zero-order chi connectivity index (χ0) is 41.4. The Morgan fingerprint density at radius 1 is 0.571 bits per heavy atom. The molecule has 0 heterocycles. The normalized spacial score (nSPS) is 14.2. The number of allylic oxidation sites excluding steroid dienone is 10. The third-order valence-electron chi connectivity index (χ3n) is 9.05. The lowest BCUT2D eigenvalue weighted by atomic mass is 10.1. The maximum absolute atomic E-state index is 12.7. The van der Waals surface area contributed by atoms with Crippen molar-refractivity contribution in [2.45, 2.75) is 174 Å². The van der Waals surface area contributed by atoms with Gasteiger partial charge in [0.1, 0.15) is 19.8 Å². The van der Waals surface area contributed by atoms with Gasteiger partial charge < -0.3 is 18.9 Å². The minimum absolute atomic E-state index is 0.0218. The molecule has 0 spiro atoms. The lowest BCUT2D eigenvalue weighted by Gasteiger charge is -2.24. The number of likely N-dealkylation sites (N-methyl/N-ethyl adjacent to an activating group) is 1. The molecule has 9 nitrogen and oxygen atoms in total. The van der Waals surface area contributed by atoms with Crippen LogP contribution < -0.4 is 0 Å². The standard InChI is InChI=1S/C46H82NO8P/c1-6-8-10-12-14-16-18-20-22-23-25-27-29-31-33-35-37-39-46(49)55-44(43-54-56(50,51)53-41-40-47(3,4)5)42-52-45(48)38-36-34-32-30-28-26-24-21-19-17-15-13-11-9-7-2/h14,16-17,19-22,24-25,27,44H,6-13,15,18,23,26,28-43H2,1-5H3/p+1/b16-14+,19-17+,22-20+,24-21+,27-25+/t44-/m1/s1. The average molecular weight is 809 g/mol. The van der Waals surface area contributed by atoms with Crippen LogP contribution in [0.1, 0.15) is 168 Å². The first-order valence-electron chi connectivity index (χ1n) is 22.0. The second-order valence-corrected chi connectivity index (χ2v) is 17.2. The molecule has 0 saturated carbocycles. The number of hydrogen-bond donors (Lipinski definition) is 1. The van der Waals surface area contributed by atoms with E-state index in [-0.39, 0.29) is 26.1 Å². The highest BCUT2D eigenvalue weighted by molar-refractivity contribution is 7.47. The van der Waals surface area contributed by atoms with Crippen LogP contribution in [-0.2, 0) is 32.7 Å². The summed E-state index contributed by atoms with van der Waals surface area (Å²) in [5.74, 6) is -0.846. The van der Waals surface area contributed by atoms with Crippen LogP contribution in [0.4, 0.5) is 0 Å². The van der Waals surface area contributed by atoms with Gasteiger partial charge in [0.25, 0.3) is 0 Å². The van der Waals surface area contributed by atoms with Crippen molar-refractivity contribution in [3.63, 3.8) is 0 Å². The van der Waals surface area contributed by atoms with E-state index >= 15 is 0 Å². The number of ether oxygens (including phenoxy) is 2. The number of rotatable bonds is 39. The Morgan fingerprint density at radius 2 is 1.02 bits per heavy atom. The fourth-order valence-electron chi connectivity index (χ4n) is 5.54. The molecular weight excluding hydrogens is 725 g/mol. The summed E-state index contributed by atoms with van der Waals surface area (Å²) in [6.07, 6.45) is 45.5. The molecule has 2 atom stereocenters. The molecule has 1 unspecified atom stereocenters. The summed E-state index contributed by atoms with van der Waals surface area (Å²) in [5, 5.41) is 0. The summed E-state index contributed by atoms with van der Waals surface area (Å²) >= 11 is 0. The van der Waals surface area contributed by atoms with Crippen molar-refractivity contribution in [3.8, 4) is 0 Å². The van der Waals surface area contributed by atoms with Gasteiger partial charge in [-0.15, -0.1) is 0 Å². The number of phosphoric acid groups is 1. The minimum atomic E-state index is -4.39. The van der Waals surface area contributed by atoms with E-state index in [1.165, 1.54) is 51.4 Å². The highest BCUT2D eigenvalue weighted by Crippen LogP contribution is 2.43. The molecule has 0 bridgehead atoms. The molecule has 0 saturated heterocycles. The van der Waals surface area contributed by atoms with Crippen molar-refractivity contribution in [1.29, 1.82) is 0 Å². The van der Waals surface area contributed by atoms with Gasteiger partial charge in [0.15, 0.2) is 6.10 Å². The molecule has 0 fully saturated rings. The van der Waals surface area contributed by atoms with Crippen molar-refractivity contribution in [2.24, 2.45) is 0 Å². The van der Waals surface area contributed by atoms with E-state index in [1.54, 1.807) is 0 Å². The van der Waals surface area contributed by atoms with Gasteiger partial charge in [-0.2, -0.15) is 0 Å². The fourth-order valence-corrected chi connectivity index (χ4v) is 6.28. The van der Waals surface area contributed by atoms with Crippen LogP contribution in [0.25, 0.3) is 0 Å².